The Kier molecular flexibility index (Phi) is 3.89. The van der Waals surface area contributed by atoms with Crippen LogP contribution in [0.4, 0.5) is 13.2 Å². The molecule has 3 rings (SSSR count). The van der Waals surface area contributed by atoms with E-state index in [-0.39, 0.29) is 11.6 Å². The van der Waals surface area contributed by atoms with Gasteiger partial charge in [0.05, 0.1) is 17.2 Å². The summed E-state index contributed by atoms with van der Waals surface area (Å²) >= 11 is 0. The molecule has 0 saturated carbocycles. The van der Waals surface area contributed by atoms with Gasteiger partial charge < -0.3 is 10.2 Å². The van der Waals surface area contributed by atoms with Crippen LogP contribution in [0.2, 0.25) is 0 Å². The molecule has 0 aromatic heterocycles. The highest BCUT2D eigenvalue weighted by Crippen LogP contribution is 2.42. The number of unbranched alkanes of at least 4 members (excludes halogenated alkanes) is 1. The summed E-state index contributed by atoms with van der Waals surface area (Å²) in [6.45, 7) is 3.61. The lowest BCUT2D eigenvalue weighted by Crippen LogP contribution is -2.44. The highest BCUT2D eigenvalue weighted by atomic mass is 19.4. The molecule has 1 aromatic carbocycles. The lowest BCUT2D eigenvalue weighted by Gasteiger charge is -2.30. The van der Waals surface area contributed by atoms with Gasteiger partial charge in [0.1, 0.15) is 0 Å². The molecule has 6 heteroatoms. The van der Waals surface area contributed by atoms with Crippen LogP contribution in [0.3, 0.4) is 0 Å². The maximum atomic E-state index is 13.4. The van der Waals surface area contributed by atoms with E-state index in [0.717, 1.165) is 18.9 Å². The molecule has 3 nitrogen and oxygen atoms in total. The first-order chi connectivity index (χ1) is 10.4. The summed E-state index contributed by atoms with van der Waals surface area (Å²) < 4.78 is 40.2. The minimum absolute atomic E-state index is 0.138. The van der Waals surface area contributed by atoms with E-state index in [0.29, 0.717) is 37.2 Å². The first-order valence-electron chi connectivity index (χ1n) is 7.69. The number of rotatable bonds is 3. The molecule has 0 spiro atoms. The van der Waals surface area contributed by atoms with E-state index in [4.69, 9.17) is 0 Å². The maximum absolute atomic E-state index is 13.4. The van der Waals surface area contributed by atoms with Crippen molar-refractivity contribution >= 4 is 5.91 Å². The van der Waals surface area contributed by atoms with Gasteiger partial charge in [-0.3, -0.25) is 4.79 Å². The SMILES string of the molecule is CCCCc1cc2c(c(C(F)(F)F)c1)C(=O)N1CCNC[C@@H]21. The summed E-state index contributed by atoms with van der Waals surface area (Å²) in [5.41, 5.74) is 0.309. The molecule has 2 aliphatic rings. The van der Waals surface area contributed by atoms with Crippen molar-refractivity contribution < 1.29 is 18.0 Å². The van der Waals surface area contributed by atoms with Crippen LogP contribution in [-0.4, -0.2) is 30.4 Å². The fourth-order valence-corrected chi connectivity index (χ4v) is 3.35. The standard InChI is InChI=1S/C16H19F3N2O/c1-2-3-4-10-7-11-13-9-20-5-6-21(13)15(22)14(11)12(8-10)16(17,18)19/h7-8,13,20H,2-6,9H2,1H3/t13-/m0/s1. The number of carbonyl (C=O) groups excluding carboxylic acids is 1. The molecular weight excluding hydrogens is 293 g/mol. The van der Waals surface area contributed by atoms with E-state index in [2.05, 4.69) is 5.32 Å². The number of nitrogens with zero attached hydrogens (tertiary/aromatic N) is 1. The van der Waals surface area contributed by atoms with Gasteiger partial charge in [-0.2, -0.15) is 13.2 Å². The molecule has 2 heterocycles. The van der Waals surface area contributed by atoms with Crippen molar-refractivity contribution in [3.05, 3.63) is 34.4 Å². The number of halogens is 3. The fourth-order valence-electron chi connectivity index (χ4n) is 3.35. The highest BCUT2D eigenvalue weighted by molar-refractivity contribution is 6.01. The van der Waals surface area contributed by atoms with Crippen molar-refractivity contribution in [3.63, 3.8) is 0 Å². The number of piperazine rings is 1. The van der Waals surface area contributed by atoms with Crippen LogP contribution in [0.5, 0.6) is 0 Å². The predicted molar refractivity (Wildman–Crippen MR) is 76.7 cm³/mol. The zero-order chi connectivity index (χ0) is 15.9. The van der Waals surface area contributed by atoms with Crippen LogP contribution < -0.4 is 5.32 Å². The second-order valence-corrected chi connectivity index (χ2v) is 5.93. The first-order valence-corrected chi connectivity index (χ1v) is 7.69. The average molecular weight is 312 g/mol. The van der Waals surface area contributed by atoms with Gasteiger partial charge in [-0.15, -0.1) is 0 Å². The monoisotopic (exact) mass is 312 g/mol. The Balaban J connectivity index is 2.11. The highest BCUT2D eigenvalue weighted by Gasteiger charge is 2.45. The van der Waals surface area contributed by atoms with Crippen LogP contribution in [-0.2, 0) is 12.6 Å². The average Bonchev–Trinajstić information content (AvgIpc) is 2.77. The number of amides is 1. The van der Waals surface area contributed by atoms with Gasteiger partial charge in [0.2, 0.25) is 0 Å². The maximum Gasteiger partial charge on any atom is 0.417 e. The lowest BCUT2D eigenvalue weighted by atomic mass is 9.93. The lowest BCUT2D eigenvalue weighted by molar-refractivity contribution is -0.138. The second-order valence-electron chi connectivity index (χ2n) is 5.93. The molecule has 2 aliphatic heterocycles. The topological polar surface area (TPSA) is 32.3 Å². The van der Waals surface area contributed by atoms with Crippen LogP contribution in [0.25, 0.3) is 0 Å². The third kappa shape index (κ3) is 2.49. The molecule has 1 N–H and O–H groups in total. The van der Waals surface area contributed by atoms with Crippen LogP contribution >= 0.6 is 0 Å². The van der Waals surface area contributed by atoms with E-state index in [9.17, 15) is 18.0 Å². The molecule has 0 unspecified atom stereocenters. The van der Waals surface area contributed by atoms with Gasteiger partial charge in [-0.25, -0.2) is 0 Å². The zero-order valence-corrected chi connectivity index (χ0v) is 12.5. The number of benzene rings is 1. The van der Waals surface area contributed by atoms with Crippen molar-refractivity contribution in [2.24, 2.45) is 0 Å². The summed E-state index contributed by atoms with van der Waals surface area (Å²) in [4.78, 5) is 14.0. The predicted octanol–water partition coefficient (Wildman–Crippen LogP) is 3.15. The van der Waals surface area contributed by atoms with Crippen molar-refractivity contribution in [1.29, 1.82) is 0 Å². The molecule has 1 saturated heterocycles. The fraction of sp³-hybridized carbons (Fsp3) is 0.562. The molecule has 0 radical (unpaired) electrons. The summed E-state index contributed by atoms with van der Waals surface area (Å²) in [7, 11) is 0. The minimum Gasteiger partial charge on any atom is -0.329 e. The van der Waals surface area contributed by atoms with E-state index in [1.807, 2.05) is 6.92 Å². The number of fused-ring (bicyclic) bond motifs is 3. The van der Waals surface area contributed by atoms with Crippen molar-refractivity contribution in [2.45, 2.75) is 38.4 Å². The summed E-state index contributed by atoms with van der Waals surface area (Å²) in [5.74, 6) is -0.476. The normalized spacial score (nSPS) is 21.0. The summed E-state index contributed by atoms with van der Waals surface area (Å²) in [6.07, 6.45) is -2.11. The molecule has 1 fully saturated rings. The van der Waals surface area contributed by atoms with Crippen molar-refractivity contribution in [2.75, 3.05) is 19.6 Å². The Morgan fingerprint density at radius 3 is 2.82 bits per heavy atom. The molecule has 1 amide bonds. The van der Waals surface area contributed by atoms with Crippen LogP contribution in [0.1, 0.15) is 52.9 Å². The minimum atomic E-state index is -4.50. The molecule has 1 aromatic rings. The van der Waals surface area contributed by atoms with Crippen LogP contribution in [0, 0.1) is 0 Å². The summed E-state index contributed by atoms with van der Waals surface area (Å²) in [5, 5.41) is 3.16. The smallest absolute Gasteiger partial charge is 0.329 e. The van der Waals surface area contributed by atoms with E-state index in [1.165, 1.54) is 0 Å². The van der Waals surface area contributed by atoms with E-state index < -0.39 is 17.6 Å². The molecular formula is C16H19F3N2O. The van der Waals surface area contributed by atoms with Crippen LogP contribution in [0.15, 0.2) is 12.1 Å². The Morgan fingerprint density at radius 2 is 2.14 bits per heavy atom. The Labute approximate surface area is 127 Å². The number of hydrogen-bond acceptors (Lipinski definition) is 2. The second kappa shape index (κ2) is 5.57. The third-order valence-electron chi connectivity index (χ3n) is 4.43. The van der Waals surface area contributed by atoms with Gasteiger partial charge in [0, 0.05) is 19.6 Å². The number of carbonyl (C=O) groups is 1. The number of hydrogen-bond donors (Lipinski definition) is 1. The van der Waals surface area contributed by atoms with Gasteiger partial charge in [-0.1, -0.05) is 19.4 Å². The van der Waals surface area contributed by atoms with Crippen molar-refractivity contribution in [3.8, 4) is 0 Å². The molecule has 0 bridgehead atoms. The Bertz CT molecular complexity index is 598. The quantitative estimate of drug-likeness (QED) is 0.930. The van der Waals surface area contributed by atoms with Gasteiger partial charge in [0.25, 0.3) is 5.91 Å². The summed E-state index contributed by atoms with van der Waals surface area (Å²) in [6, 6.07) is 2.70. The number of nitrogens with one attached hydrogen (secondary N) is 1. The Morgan fingerprint density at radius 1 is 1.36 bits per heavy atom. The first kappa shape index (κ1) is 15.3. The largest absolute Gasteiger partial charge is 0.417 e. The Hall–Kier alpha value is -1.56. The molecule has 22 heavy (non-hydrogen) atoms. The van der Waals surface area contributed by atoms with Gasteiger partial charge >= 0.3 is 6.18 Å². The van der Waals surface area contributed by atoms with Gasteiger partial charge in [-0.05, 0) is 30.0 Å². The van der Waals surface area contributed by atoms with Crippen molar-refractivity contribution in [1.82, 2.24) is 10.2 Å². The third-order valence-corrected chi connectivity index (χ3v) is 4.43. The van der Waals surface area contributed by atoms with Gasteiger partial charge in [0.15, 0.2) is 0 Å². The molecule has 1 atom stereocenters. The van der Waals surface area contributed by atoms with E-state index in [1.54, 1.807) is 11.0 Å². The number of aryl methyl sites for hydroxylation is 1. The van der Waals surface area contributed by atoms with E-state index >= 15 is 0 Å². The number of alkyl halides is 3. The molecule has 0 aliphatic carbocycles. The molecule has 120 valence electrons. The zero-order valence-electron chi connectivity index (χ0n) is 12.5.